The number of thiophene rings is 2. The van der Waals surface area contributed by atoms with Gasteiger partial charge in [0.1, 0.15) is 5.82 Å². The predicted octanol–water partition coefficient (Wildman–Crippen LogP) is 5.32. The fourth-order valence-electron chi connectivity index (χ4n) is 2.33. The van der Waals surface area contributed by atoms with Crippen LogP contribution < -0.4 is 0 Å². The van der Waals surface area contributed by atoms with E-state index in [1.165, 1.54) is 29.5 Å². The molecule has 98 valence electrons. The van der Waals surface area contributed by atoms with Gasteiger partial charge in [-0.3, -0.25) is 10.1 Å². The van der Waals surface area contributed by atoms with Crippen molar-refractivity contribution in [1.82, 2.24) is 0 Å². The average Bonchev–Trinajstić information content (AvgIpc) is 2.93. The average molecular weight is 303 g/mol. The van der Waals surface area contributed by atoms with E-state index in [4.69, 9.17) is 0 Å². The van der Waals surface area contributed by atoms with E-state index in [1.807, 2.05) is 0 Å². The molecule has 2 aromatic heterocycles. The lowest BCUT2D eigenvalue weighted by Crippen LogP contribution is -1.85. The molecule has 3 nitrogen and oxygen atoms in total. The zero-order valence-electron chi connectivity index (χ0n) is 9.92. The molecule has 0 atom stereocenters. The van der Waals surface area contributed by atoms with Crippen molar-refractivity contribution in [2.75, 3.05) is 0 Å². The summed E-state index contributed by atoms with van der Waals surface area (Å²) < 4.78 is 17.2. The van der Waals surface area contributed by atoms with Gasteiger partial charge in [-0.2, -0.15) is 0 Å². The lowest BCUT2D eigenvalue weighted by molar-refractivity contribution is -0.384. The number of non-ortho nitro benzene ring substituents is 1. The largest absolute Gasteiger partial charge is 0.270 e. The topological polar surface area (TPSA) is 43.1 Å². The first-order chi connectivity index (χ1) is 9.63. The second-order valence-corrected chi connectivity index (χ2v) is 6.54. The monoisotopic (exact) mass is 303 g/mol. The Morgan fingerprint density at radius 2 is 1.70 bits per heavy atom. The van der Waals surface area contributed by atoms with E-state index >= 15 is 0 Å². The van der Waals surface area contributed by atoms with Crippen molar-refractivity contribution in [2.45, 2.75) is 0 Å². The van der Waals surface area contributed by atoms with Crippen molar-refractivity contribution < 1.29 is 9.31 Å². The minimum Gasteiger partial charge on any atom is -0.258 e. The molecule has 0 N–H and O–H groups in total. The number of hydrogen-bond acceptors (Lipinski definition) is 4. The predicted molar refractivity (Wildman–Crippen MR) is 81.3 cm³/mol. The molecule has 0 radical (unpaired) electrons. The third-order valence-electron chi connectivity index (χ3n) is 3.24. The van der Waals surface area contributed by atoms with Crippen molar-refractivity contribution in [3.8, 4) is 0 Å². The molecule has 0 aliphatic heterocycles. The number of rotatable bonds is 1. The second kappa shape index (κ2) is 3.97. The number of nitro groups is 1. The summed E-state index contributed by atoms with van der Waals surface area (Å²) in [5.41, 5.74) is 0.0841. The highest BCUT2D eigenvalue weighted by molar-refractivity contribution is 7.36. The molecule has 6 heteroatoms. The minimum absolute atomic E-state index is 0.0841. The number of hydrogen-bond donors (Lipinski definition) is 0. The molecule has 0 fully saturated rings. The van der Waals surface area contributed by atoms with Gasteiger partial charge in [0.15, 0.2) is 0 Å². The van der Waals surface area contributed by atoms with E-state index < -0.39 is 4.92 Å². The number of fused-ring (bicyclic) bond motifs is 5. The molecule has 2 heterocycles. The maximum Gasteiger partial charge on any atom is 0.270 e. The Morgan fingerprint density at radius 1 is 0.950 bits per heavy atom. The van der Waals surface area contributed by atoms with E-state index in [9.17, 15) is 14.5 Å². The van der Waals surface area contributed by atoms with Crippen LogP contribution in [0.3, 0.4) is 0 Å². The van der Waals surface area contributed by atoms with E-state index in [0.29, 0.717) is 0 Å². The van der Waals surface area contributed by atoms with Crippen LogP contribution in [0, 0.1) is 15.9 Å². The van der Waals surface area contributed by atoms with Gasteiger partial charge in [-0.25, -0.2) is 4.39 Å². The summed E-state index contributed by atoms with van der Waals surface area (Å²) in [6.07, 6.45) is 0. The van der Waals surface area contributed by atoms with Gasteiger partial charge in [-0.15, -0.1) is 22.7 Å². The van der Waals surface area contributed by atoms with Crippen LogP contribution in [0.2, 0.25) is 0 Å². The van der Waals surface area contributed by atoms with Crippen molar-refractivity contribution in [3.05, 3.63) is 52.3 Å². The molecule has 0 amide bonds. The number of halogens is 1. The molecule has 0 saturated carbocycles. The van der Waals surface area contributed by atoms with Gasteiger partial charge in [-0.1, -0.05) is 0 Å². The van der Waals surface area contributed by atoms with Crippen LogP contribution in [0.5, 0.6) is 0 Å². The van der Waals surface area contributed by atoms with Crippen molar-refractivity contribution >= 4 is 57.9 Å². The van der Waals surface area contributed by atoms with Crippen LogP contribution in [-0.2, 0) is 0 Å². The van der Waals surface area contributed by atoms with Crippen LogP contribution in [0.15, 0.2) is 36.4 Å². The SMILES string of the molecule is O=[N+]([O-])c1ccc2sc3c4ccc(F)cc4sc3c2c1. The summed E-state index contributed by atoms with van der Waals surface area (Å²) >= 11 is 3.07. The fraction of sp³-hybridized carbons (Fsp3) is 0. The standard InChI is InChI=1S/C14H6FNO2S2/c15-7-1-3-9-12(5-7)20-14-10-6-8(16(17)18)2-4-11(10)19-13(9)14/h1-6H. The molecule has 0 aliphatic rings. The smallest absolute Gasteiger partial charge is 0.258 e. The molecule has 20 heavy (non-hydrogen) atoms. The minimum atomic E-state index is -0.393. The Hall–Kier alpha value is -2.05. The highest BCUT2D eigenvalue weighted by atomic mass is 32.1. The molecular formula is C14H6FNO2S2. The van der Waals surface area contributed by atoms with E-state index in [2.05, 4.69) is 0 Å². The summed E-state index contributed by atoms with van der Waals surface area (Å²) in [5, 5.41) is 12.8. The lowest BCUT2D eigenvalue weighted by Gasteiger charge is -1.92. The van der Waals surface area contributed by atoms with Crippen molar-refractivity contribution in [3.63, 3.8) is 0 Å². The third kappa shape index (κ3) is 1.55. The zero-order valence-corrected chi connectivity index (χ0v) is 11.6. The highest BCUT2D eigenvalue weighted by Crippen LogP contribution is 2.44. The van der Waals surface area contributed by atoms with Crippen LogP contribution in [0.1, 0.15) is 0 Å². The molecular weight excluding hydrogens is 297 g/mol. The molecule has 4 rings (SSSR count). The first-order valence-electron chi connectivity index (χ1n) is 5.82. The Balaban J connectivity index is 2.16. The molecule has 2 aromatic carbocycles. The van der Waals surface area contributed by atoms with Crippen LogP contribution in [0.25, 0.3) is 29.6 Å². The maximum absolute atomic E-state index is 13.3. The van der Waals surface area contributed by atoms with Crippen molar-refractivity contribution in [2.24, 2.45) is 0 Å². The summed E-state index contributed by atoms with van der Waals surface area (Å²) in [6, 6.07) is 9.62. The van der Waals surface area contributed by atoms with Gasteiger partial charge < -0.3 is 0 Å². The normalized spacial score (nSPS) is 11.7. The number of nitrogens with zero attached hydrogens (tertiary/aromatic N) is 1. The molecule has 4 aromatic rings. The van der Waals surface area contributed by atoms with Crippen LogP contribution in [-0.4, -0.2) is 4.92 Å². The highest BCUT2D eigenvalue weighted by Gasteiger charge is 2.15. The van der Waals surface area contributed by atoms with E-state index in [0.717, 1.165) is 29.6 Å². The fourth-order valence-corrected chi connectivity index (χ4v) is 4.98. The molecule has 0 bridgehead atoms. The lowest BCUT2D eigenvalue weighted by atomic mass is 10.2. The first kappa shape index (κ1) is 11.7. The number of benzene rings is 2. The van der Waals surface area contributed by atoms with Gasteiger partial charge in [0.05, 0.1) is 14.3 Å². The maximum atomic E-state index is 13.3. The summed E-state index contributed by atoms with van der Waals surface area (Å²) in [6.45, 7) is 0. The second-order valence-electron chi connectivity index (χ2n) is 4.44. The molecule has 0 unspecified atom stereocenters. The van der Waals surface area contributed by atoms with Gasteiger partial charge in [0.2, 0.25) is 0 Å². The van der Waals surface area contributed by atoms with E-state index in [-0.39, 0.29) is 11.5 Å². The molecule has 0 saturated heterocycles. The van der Waals surface area contributed by atoms with Crippen molar-refractivity contribution in [1.29, 1.82) is 0 Å². The first-order valence-corrected chi connectivity index (χ1v) is 7.45. The van der Waals surface area contributed by atoms with E-state index in [1.54, 1.807) is 29.5 Å². The zero-order chi connectivity index (χ0) is 13.9. The van der Waals surface area contributed by atoms with Crippen LogP contribution >= 0.6 is 22.7 Å². The Morgan fingerprint density at radius 3 is 2.50 bits per heavy atom. The summed E-state index contributed by atoms with van der Waals surface area (Å²) in [5.74, 6) is -0.262. The van der Waals surface area contributed by atoms with Crippen LogP contribution in [0.4, 0.5) is 10.1 Å². The van der Waals surface area contributed by atoms with Gasteiger partial charge >= 0.3 is 0 Å². The number of nitro benzene ring substituents is 1. The quantitative estimate of drug-likeness (QED) is 0.353. The Labute approximate surface area is 120 Å². The molecule has 0 aliphatic carbocycles. The summed E-state index contributed by atoms with van der Waals surface area (Å²) in [4.78, 5) is 10.5. The Kier molecular flexibility index (Phi) is 2.33. The van der Waals surface area contributed by atoms with Gasteiger partial charge in [0, 0.05) is 32.3 Å². The summed E-state index contributed by atoms with van der Waals surface area (Å²) in [7, 11) is 0. The van der Waals surface area contributed by atoms with Gasteiger partial charge in [0.25, 0.3) is 5.69 Å². The van der Waals surface area contributed by atoms with Gasteiger partial charge in [-0.05, 0) is 24.3 Å². The Bertz CT molecular complexity index is 1000. The molecule has 0 spiro atoms. The third-order valence-corrected chi connectivity index (χ3v) is 5.76.